The molecule has 1 saturated heterocycles. The maximum Gasteiger partial charge on any atom is 0.255 e. The highest BCUT2D eigenvalue weighted by Gasteiger charge is 2.47. The van der Waals surface area contributed by atoms with Gasteiger partial charge in [0.15, 0.2) is 0 Å². The zero-order valence-electron chi connectivity index (χ0n) is 25.3. The number of carbonyl (C=O) groups is 2. The number of piperidine rings is 1. The minimum Gasteiger partial charge on any atom is -0.359 e. The number of likely N-dealkylation sites (N-methyl/N-ethyl adjacent to an activating group) is 1. The van der Waals surface area contributed by atoms with Gasteiger partial charge in [-0.3, -0.25) is 14.6 Å². The smallest absolute Gasteiger partial charge is 0.255 e. The molecule has 6 heterocycles. The van der Waals surface area contributed by atoms with Gasteiger partial charge >= 0.3 is 0 Å². The molecule has 3 fully saturated rings. The highest BCUT2D eigenvalue weighted by Crippen LogP contribution is 2.39. The molecular formula is C34H35FN8O2. The molecule has 0 radical (unpaired) electrons. The molecule has 8 rings (SSSR count). The molecule has 1 aliphatic heterocycles. The van der Waals surface area contributed by atoms with Gasteiger partial charge in [0.25, 0.3) is 5.91 Å². The van der Waals surface area contributed by atoms with Crippen molar-refractivity contribution in [1.82, 2.24) is 34.4 Å². The molecule has 2 unspecified atom stereocenters. The lowest BCUT2D eigenvalue weighted by Crippen LogP contribution is -2.41. The van der Waals surface area contributed by atoms with Gasteiger partial charge in [0.1, 0.15) is 22.7 Å². The van der Waals surface area contributed by atoms with Gasteiger partial charge in [0.2, 0.25) is 5.91 Å². The molecule has 5 aromatic rings. The second-order valence-corrected chi connectivity index (χ2v) is 12.9. The number of amides is 2. The fraction of sp³-hybridized carbons (Fsp3) is 0.382. The van der Waals surface area contributed by atoms with E-state index in [1.807, 2.05) is 36.1 Å². The van der Waals surface area contributed by atoms with Crippen LogP contribution in [-0.4, -0.2) is 66.5 Å². The summed E-state index contributed by atoms with van der Waals surface area (Å²) < 4.78 is 19.4. The summed E-state index contributed by atoms with van der Waals surface area (Å²) in [4.78, 5) is 36.6. The molecule has 2 saturated carbocycles. The summed E-state index contributed by atoms with van der Waals surface area (Å²) in [6, 6.07) is 11.2. The van der Waals surface area contributed by atoms with Gasteiger partial charge in [0, 0.05) is 66.8 Å². The third kappa shape index (κ3) is 4.68. The molecule has 5 aromatic heterocycles. The average Bonchev–Trinajstić information content (AvgIpc) is 3.44. The number of aryl methyl sites for hydroxylation is 1. The number of nitrogens with zero attached hydrogens (tertiary/aromatic N) is 6. The number of pyridine rings is 3. The molecule has 2 amide bonds. The first kappa shape index (κ1) is 27.9. The van der Waals surface area contributed by atoms with Crippen molar-refractivity contribution in [1.29, 1.82) is 0 Å². The van der Waals surface area contributed by atoms with Crippen LogP contribution in [-0.2, 0) is 17.8 Å². The van der Waals surface area contributed by atoms with Crippen LogP contribution in [0.4, 0.5) is 4.39 Å². The zero-order chi connectivity index (χ0) is 31.0. The van der Waals surface area contributed by atoms with Gasteiger partial charge in [-0.25, -0.2) is 13.9 Å². The first-order chi connectivity index (χ1) is 21.8. The van der Waals surface area contributed by atoms with Crippen LogP contribution in [0, 0.1) is 24.6 Å². The van der Waals surface area contributed by atoms with E-state index in [2.05, 4.69) is 20.9 Å². The maximum atomic E-state index is 15.7. The van der Waals surface area contributed by atoms with Gasteiger partial charge in [-0.05, 0) is 80.8 Å². The normalized spacial score (nSPS) is 20.9. The molecule has 0 aromatic carbocycles. The van der Waals surface area contributed by atoms with E-state index in [0.717, 1.165) is 60.2 Å². The maximum absolute atomic E-state index is 15.7. The zero-order valence-corrected chi connectivity index (χ0v) is 25.3. The second kappa shape index (κ2) is 10.5. The van der Waals surface area contributed by atoms with Gasteiger partial charge in [0.05, 0.1) is 23.4 Å². The van der Waals surface area contributed by atoms with Gasteiger partial charge in [-0.15, -0.1) is 0 Å². The lowest BCUT2D eigenvalue weighted by Gasteiger charge is -2.27. The molecule has 0 spiro atoms. The lowest BCUT2D eigenvalue weighted by atomic mass is 10.1. The Morgan fingerprint density at radius 2 is 1.96 bits per heavy atom. The van der Waals surface area contributed by atoms with E-state index in [-0.39, 0.29) is 35.9 Å². The fourth-order valence-electron chi connectivity index (χ4n) is 7.24. The number of rotatable bonds is 7. The van der Waals surface area contributed by atoms with Crippen LogP contribution in [0.25, 0.3) is 39.2 Å². The van der Waals surface area contributed by atoms with Crippen molar-refractivity contribution in [3.8, 4) is 22.6 Å². The minimum atomic E-state index is -0.469. The van der Waals surface area contributed by atoms with Crippen LogP contribution < -0.4 is 11.1 Å². The molecule has 11 heteroatoms. The average molecular weight is 607 g/mol. The van der Waals surface area contributed by atoms with Gasteiger partial charge < -0.3 is 20.5 Å². The van der Waals surface area contributed by atoms with Gasteiger partial charge in [-0.2, -0.15) is 5.10 Å². The minimum absolute atomic E-state index is 0.00626. The number of likely N-dealkylation sites (tertiary alicyclic amines) is 1. The molecule has 230 valence electrons. The predicted molar refractivity (Wildman–Crippen MR) is 168 cm³/mol. The third-order valence-electron chi connectivity index (χ3n) is 9.94. The van der Waals surface area contributed by atoms with Crippen molar-refractivity contribution < 1.29 is 14.0 Å². The molecule has 3 atom stereocenters. The monoisotopic (exact) mass is 606 g/mol. The summed E-state index contributed by atoms with van der Waals surface area (Å²) in [5, 5.41) is 8.46. The lowest BCUT2D eigenvalue weighted by molar-refractivity contribution is -0.120. The van der Waals surface area contributed by atoms with Crippen molar-refractivity contribution in [3.05, 3.63) is 71.4 Å². The second-order valence-electron chi connectivity index (χ2n) is 12.9. The summed E-state index contributed by atoms with van der Waals surface area (Å²) in [6.07, 6.45) is 7.87. The largest absolute Gasteiger partial charge is 0.359 e. The van der Waals surface area contributed by atoms with Crippen LogP contribution in [0.5, 0.6) is 0 Å². The molecule has 45 heavy (non-hydrogen) atoms. The first-order valence-electron chi connectivity index (χ1n) is 15.7. The van der Waals surface area contributed by atoms with Crippen LogP contribution in [0.1, 0.15) is 47.3 Å². The highest BCUT2D eigenvalue weighted by molar-refractivity contribution is 5.95. The summed E-state index contributed by atoms with van der Waals surface area (Å²) in [6.45, 7) is 3.29. The Bertz CT molecular complexity index is 1990. The number of halogens is 1. The van der Waals surface area contributed by atoms with Crippen molar-refractivity contribution >= 4 is 28.4 Å². The van der Waals surface area contributed by atoms with Crippen LogP contribution in [0.15, 0.2) is 48.8 Å². The molecule has 3 N–H and O–H groups in total. The van der Waals surface area contributed by atoms with E-state index in [1.54, 1.807) is 19.4 Å². The molecule has 2 bridgehead atoms. The molecule has 2 aliphatic carbocycles. The summed E-state index contributed by atoms with van der Waals surface area (Å²) in [5.41, 5.74) is 12.4. The number of nitrogens with one attached hydrogen (secondary N) is 1. The van der Waals surface area contributed by atoms with Crippen LogP contribution >= 0.6 is 0 Å². The fourth-order valence-corrected chi connectivity index (χ4v) is 7.24. The first-order valence-corrected chi connectivity index (χ1v) is 15.7. The summed E-state index contributed by atoms with van der Waals surface area (Å²) in [5.74, 6) is 0.120. The topological polar surface area (TPSA) is 123 Å². The van der Waals surface area contributed by atoms with E-state index in [0.29, 0.717) is 40.8 Å². The van der Waals surface area contributed by atoms with Crippen molar-refractivity contribution in [2.24, 2.45) is 17.6 Å². The standard InChI is InChI=1S/C34H35FN8O2/c1-18-31(40-43-17-23(11-25(35)32(18)43)34(45)42-16-22-7-10-27(42)30(22)36)28-12-20-6-9-26(39-33(20)41(28)15-19-3-4-19)21-5-8-24(38-14-21)13-29(44)37-2/h5-6,8-9,11-12,14,17,19,22,27,30H,3-4,7,10,13,15-16,36H2,1-2H3,(H,37,44)/t22?,27?,30-/m1/s1. The number of hydrogen-bond acceptors (Lipinski definition) is 6. The van der Waals surface area contributed by atoms with Gasteiger partial charge in [-0.1, -0.05) is 0 Å². The van der Waals surface area contributed by atoms with Crippen molar-refractivity contribution in [2.45, 2.75) is 57.7 Å². The Hall–Kier alpha value is -4.64. The molecule has 10 nitrogen and oxygen atoms in total. The Morgan fingerprint density at radius 3 is 2.64 bits per heavy atom. The van der Waals surface area contributed by atoms with E-state index in [9.17, 15) is 9.59 Å². The Morgan fingerprint density at radius 1 is 1.11 bits per heavy atom. The quantitative estimate of drug-likeness (QED) is 0.287. The summed E-state index contributed by atoms with van der Waals surface area (Å²) in [7, 11) is 1.61. The predicted octanol–water partition coefficient (Wildman–Crippen LogP) is 4.12. The van der Waals surface area contributed by atoms with Crippen LogP contribution in [0.2, 0.25) is 0 Å². The number of fused-ring (bicyclic) bond motifs is 4. The molecular weight excluding hydrogens is 571 g/mol. The number of aromatic nitrogens is 5. The van der Waals surface area contributed by atoms with E-state index in [1.165, 1.54) is 10.6 Å². The Labute approximate surface area is 259 Å². The van der Waals surface area contributed by atoms with Crippen molar-refractivity contribution in [3.63, 3.8) is 0 Å². The molecule has 3 aliphatic rings. The highest BCUT2D eigenvalue weighted by atomic mass is 19.1. The SMILES string of the molecule is CNC(=O)Cc1ccc(-c2ccc3cc(-c4nn5cc(C(=O)N6CC7CCC6[C@@H]7N)cc(F)c5c4C)n(CC4CC4)c3n2)cn1. The third-order valence-corrected chi connectivity index (χ3v) is 9.94. The van der Waals surface area contributed by atoms with Crippen LogP contribution in [0.3, 0.4) is 0 Å². The number of nitrogens with two attached hydrogens (primary N) is 1. The number of carbonyl (C=O) groups excluding carboxylic acids is 2. The van der Waals surface area contributed by atoms with E-state index < -0.39 is 5.82 Å². The summed E-state index contributed by atoms with van der Waals surface area (Å²) >= 11 is 0. The number of hydrogen-bond donors (Lipinski definition) is 2. The Balaban J connectivity index is 1.17. The van der Waals surface area contributed by atoms with E-state index >= 15 is 4.39 Å². The van der Waals surface area contributed by atoms with Crippen molar-refractivity contribution in [2.75, 3.05) is 13.6 Å². The van der Waals surface area contributed by atoms with E-state index in [4.69, 9.17) is 15.8 Å². The Kier molecular flexibility index (Phi) is 6.49.